The molecule has 0 spiro atoms. The highest BCUT2D eigenvalue weighted by atomic mass is 32.2. The number of thioether (sulfide) groups is 1. The van der Waals surface area contributed by atoms with Crippen molar-refractivity contribution in [1.29, 1.82) is 0 Å². The normalized spacial score (nSPS) is 11.8. The number of nitrogens with zero attached hydrogens (tertiary/aromatic N) is 1. The first-order valence-electron chi connectivity index (χ1n) is 9.34. The van der Waals surface area contributed by atoms with Gasteiger partial charge in [0.15, 0.2) is 11.5 Å². The van der Waals surface area contributed by atoms with E-state index >= 15 is 0 Å². The Kier molecular flexibility index (Phi) is 6.03. The van der Waals surface area contributed by atoms with E-state index in [1.54, 1.807) is 49.4 Å². The molecule has 1 aliphatic heterocycles. The summed E-state index contributed by atoms with van der Waals surface area (Å²) in [5.74, 6) is -0.0778. The second kappa shape index (κ2) is 9.05. The second-order valence-electron chi connectivity index (χ2n) is 6.70. The molecule has 0 aliphatic carbocycles. The maximum atomic E-state index is 14.0. The molecule has 0 saturated carbocycles. The van der Waals surface area contributed by atoms with Crippen molar-refractivity contribution in [1.82, 2.24) is 4.98 Å². The minimum atomic E-state index is -0.528. The first kappa shape index (κ1) is 20.7. The van der Waals surface area contributed by atoms with Gasteiger partial charge >= 0.3 is 0 Å². The molecule has 2 aromatic carbocycles. The summed E-state index contributed by atoms with van der Waals surface area (Å²) in [7, 11) is 0. The molecule has 2 amide bonds. The molecule has 0 atom stereocenters. The van der Waals surface area contributed by atoms with Gasteiger partial charge in [0.05, 0.1) is 17.0 Å². The molecular formula is C22H18FN3O4S. The van der Waals surface area contributed by atoms with Gasteiger partial charge in [-0.15, -0.1) is 0 Å². The molecule has 1 aliphatic rings. The Morgan fingerprint density at radius 3 is 2.81 bits per heavy atom. The Labute approximate surface area is 182 Å². The van der Waals surface area contributed by atoms with Gasteiger partial charge in [-0.05, 0) is 48.9 Å². The Hall–Kier alpha value is -3.59. The fourth-order valence-electron chi connectivity index (χ4n) is 2.91. The van der Waals surface area contributed by atoms with Gasteiger partial charge < -0.3 is 20.1 Å². The Balaban J connectivity index is 1.40. The molecule has 31 heavy (non-hydrogen) atoms. The van der Waals surface area contributed by atoms with E-state index in [0.29, 0.717) is 22.2 Å². The van der Waals surface area contributed by atoms with E-state index < -0.39 is 11.7 Å². The Morgan fingerprint density at radius 1 is 1.10 bits per heavy atom. The van der Waals surface area contributed by atoms with Crippen molar-refractivity contribution in [2.75, 3.05) is 23.2 Å². The summed E-state index contributed by atoms with van der Waals surface area (Å²) in [5.41, 5.74) is 1.73. The smallest absolute Gasteiger partial charge is 0.258 e. The number of hydrogen-bond acceptors (Lipinski definition) is 6. The predicted octanol–water partition coefficient (Wildman–Crippen LogP) is 4.24. The fourth-order valence-corrected chi connectivity index (χ4v) is 3.70. The van der Waals surface area contributed by atoms with Gasteiger partial charge in [-0.1, -0.05) is 17.8 Å². The maximum absolute atomic E-state index is 14.0. The molecule has 7 nitrogen and oxygen atoms in total. The number of benzene rings is 2. The van der Waals surface area contributed by atoms with Gasteiger partial charge in [0, 0.05) is 18.0 Å². The summed E-state index contributed by atoms with van der Waals surface area (Å²) in [6.07, 6.45) is 1.53. The van der Waals surface area contributed by atoms with Gasteiger partial charge in [0.1, 0.15) is 10.8 Å². The summed E-state index contributed by atoms with van der Waals surface area (Å²) >= 11 is 1.11. The zero-order valence-corrected chi connectivity index (χ0v) is 17.3. The lowest BCUT2D eigenvalue weighted by Gasteiger charge is -2.10. The van der Waals surface area contributed by atoms with E-state index in [1.165, 1.54) is 12.3 Å². The monoisotopic (exact) mass is 439 g/mol. The second-order valence-corrected chi connectivity index (χ2v) is 7.66. The van der Waals surface area contributed by atoms with Crippen molar-refractivity contribution >= 4 is 35.0 Å². The maximum Gasteiger partial charge on any atom is 0.258 e. The standard InChI is InChI=1S/C22H18FN3O4S/c1-13-4-6-16(23)17(9-13)26-21(28)15-3-2-8-24-22(15)31-11-20(27)25-14-5-7-18-19(10-14)30-12-29-18/h2-10H,11-12H2,1H3,(H,25,27)(H,26,28). The molecule has 158 valence electrons. The van der Waals surface area contributed by atoms with Crippen molar-refractivity contribution in [2.24, 2.45) is 0 Å². The zero-order valence-electron chi connectivity index (χ0n) is 16.5. The van der Waals surface area contributed by atoms with Gasteiger partial charge in [-0.2, -0.15) is 0 Å². The summed E-state index contributed by atoms with van der Waals surface area (Å²) in [5, 5.41) is 5.71. The van der Waals surface area contributed by atoms with Crippen LogP contribution in [-0.4, -0.2) is 29.3 Å². The third-order valence-corrected chi connectivity index (χ3v) is 5.39. The molecule has 2 heterocycles. The van der Waals surface area contributed by atoms with Crippen LogP contribution >= 0.6 is 11.8 Å². The fraction of sp³-hybridized carbons (Fsp3) is 0.136. The molecule has 4 rings (SSSR count). The highest BCUT2D eigenvalue weighted by Gasteiger charge is 2.17. The summed E-state index contributed by atoms with van der Waals surface area (Å²) < 4.78 is 24.5. The van der Waals surface area contributed by atoms with Crippen LogP contribution in [0.5, 0.6) is 11.5 Å². The Bertz CT molecular complexity index is 1160. The van der Waals surface area contributed by atoms with Crippen LogP contribution in [0.4, 0.5) is 15.8 Å². The minimum absolute atomic E-state index is 0.0323. The lowest BCUT2D eigenvalue weighted by Crippen LogP contribution is -2.17. The zero-order chi connectivity index (χ0) is 21.8. The predicted molar refractivity (Wildman–Crippen MR) is 115 cm³/mol. The van der Waals surface area contributed by atoms with Crippen molar-refractivity contribution < 1.29 is 23.5 Å². The van der Waals surface area contributed by atoms with Crippen molar-refractivity contribution in [3.05, 3.63) is 71.7 Å². The minimum Gasteiger partial charge on any atom is -0.454 e. The van der Waals surface area contributed by atoms with E-state index in [-0.39, 0.29) is 29.7 Å². The highest BCUT2D eigenvalue weighted by Crippen LogP contribution is 2.34. The molecule has 0 bridgehead atoms. The molecule has 0 fully saturated rings. The molecular weight excluding hydrogens is 421 g/mol. The number of nitrogens with one attached hydrogen (secondary N) is 2. The number of pyridine rings is 1. The molecule has 1 aromatic heterocycles. The van der Waals surface area contributed by atoms with Crippen LogP contribution in [0.3, 0.4) is 0 Å². The van der Waals surface area contributed by atoms with E-state index in [1.807, 2.05) is 0 Å². The van der Waals surface area contributed by atoms with E-state index in [4.69, 9.17) is 9.47 Å². The number of anilines is 2. The summed E-state index contributed by atoms with van der Waals surface area (Å²) in [4.78, 5) is 29.2. The van der Waals surface area contributed by atoms with Crippen LogP contribution in [0.1, 0.15) is 15.9 Å². The number of ether oxygens (including phenoxy) is 2. The van der Waals surface area contributed by atoms with E-state index in [9.17, 15) is 14.0 Å². The SMILES string of the molecule is Cc1ccc(F)c(NC(=O)c2cccnc2SCC(=O)Nc2ccc3c(c2)OCO3)c1. The number of aryl methyl sites for hydroxylation is 1. The largest absolute Gasteiger partial charge is 0.454 e. The van der Waals surface area contributed by atoms with E-state index in [0.717, 1.165) is 17.3 Å². The summed E-state index contributed by atoms with van der Waals surface area (Å²) in [6, 6.07) is 12.8. The lowest BCUT2D eigenvalue weighted by molar-refractivity contribution is -0.113. The molecule has 3 aromatic rings. The highest BCUT2D eigenvalue weighted by molar-refractivity contribution is 8.00. The van der Waals surface area contributed by atoms with Crippen LogP contribution < -0.4 is 20.1 Å². The van der Waals surface area contributed by atoms with Gasteiger partial charge in [-0.3, -0.25) is 9.59 Å². The van der Waals surface area contributed by atoms with Crippen LogP contribution in [-0.2, 0) is 4.79 Å². The number of halogens is 1. The lowest BCUT2D eigenvalue weighted by atomic mass is 10.2. The van der Waals surface area contributed by atoms with Crippen LogP contribution in [0.2, 0.25) is 0 Å². The van der Waals surface area contributed by atoms with Crippen molar-refractivity contribution in [2.45, 2.75) is 11.9 Å². The third kappa shape index (κ3) is 4.95. The number of hydrogen-bond donors (Lipinski definition) is 2. The summed E-state index contributed by atoms with van der Waals surface area (Å²) in [6.45, 7) is 1.96. The van der Waals surface area contributed by atoms with Gasteiger partial charge in [-0.25, -0.2) is 9.37 Å². The topological polar surface area (TPSA) is 89.6 Å². The quantitative estimate of drug-likeness (QED) is 0.559. The average molecular weight is 439 g/mol. The number of amides is 2. The number of aromatic nitrogens is 1. The number of carbonyl (C=O) groups excluding carboxylic acids is 2. The van der Waals surface area contributed by atoms with Crippen LogP contribution in [0, 0.1) is 12.7 Å². The van der Waals surface area contributed by atoms with Crippen LogP contribution in [0.25, 0.3) is 0 Å². The molecule has 9 heteroatoms. The number of rotatable bonds is 6. The third-order valence-electron chi connectivity index (χ3n) is 4.38. The van der Waals surface area contributed by atoms with Crippen molar-refractivity contribution in [3.8, 4) is 11.5 Å². The van der Waals surface area contributed by atoms with Gasteiger partial charge in [0.25, 0.3) is 5.91 Å². The molecule has 0 radical (unpaired) electrons. The average Bonchev–Trinajstić information content (AvgIpc) is 3.23. The Morgan fingerprint density at radius 2 is 1.94 bits per heavy atom. The van der Waals surface area contributed by atoms with Crippen molar-refractivity contribution in [3.63, 3.8) is 0 Å². The van der Waals surface area contributed by atoms with Gasteiger partial charge in [0.2, 0.25) is 12.7 Å². The van der Waals surface area contributed by atoms with Crippen LogP contribution in [0.15, 0.2) is 59.8 Å². The molecule has 0 unspecified atom stereocenters. The van der Waals surface area contributed by atoms with E-state index in [2.05, 4.69) is 15.6 Å². The molecule has 0 saturated heterocycles. The first-order chi connectivity index (χ1) is 15.0. The number of carbonyl (C=O) groups is 2. The first-order valence-corrected chi connectivity index (χ1v) is 10.3. The number of fused-ring (bicyclic) bond motifs is 1. The molecule has 2 N–H and O–H groups in total.